The van der Waals surface area contributed by atoms with Gasteiger partial charge in [0.25, 0.3) is 5.91 Å². The summed E-state index contributed by atoms with van der Waals surface area (Å²) in [7, 11) is 0. The van der Waals surface area contributed by atoms with Gasteiger partial charge in [-0.25, -0.2) is 0 Å². The molecule has 29 heavy (non-hydrogen) atoms. The zero-order chi connectivity index (χ0) is 20.4. The van der Waals surface area contributed by atoms with Gasteiger partial charge in [0.2, 0.25) is 11.8 Å². The maximum atomic E-state index is 12.9. The summed E-state index contributed by atoms with van der Waals surface area (Å²) < 4.78 is 5.94. The molecule has 3 amide bonds. The van der Waals surface area contributed by atoms with Crippen LogP contribution in [-0.4, -0.2) is 28.7 Å². The molecule has 0 unspecified atom stereocenters. The Morgan fingerprint density at radius 3 is 2.83 bits per heavy atom. The van der Waals surface area contributed by atoms with Crippen molar-refractivity contribution in [3.05, 3.63) is 64.7 Å². The molecule has 1 atom stereocenters. The van der Waals surface area contributed by atoms with Gasteiger partial charge in [-0.3, -0.25) is 19.7 Å². The molecule has 0 aliphatic carbocycles. The van der Waals surface area contributed by atoms with Crippen molar-refractivity contribution in [2.75, 3.05) is 0 Å². The van der Waals surface area contributed by atoms with Gasteiger partial charge in [0.1, 0.15) is 18.4 Å². The van der Waals surface area contributed by atoms with Gasteiger partial charge in [0, 0.05) is 17.5 Å². The highest BCUT2D eigenvalue weighted by molar-refractivity contribution is 6.04. The van der Waals surface area contributed by atoms with Crippen LogP contribution in [-0.2, 0) is 22.7 Å². The molecule has 1 fully saturated rings. The lowest BCUT2D eigenvalue weighted by atomic mass is 10.1. The fourth-order valence-electron chi connectivity index (χ4n) is 3.77. The van der Waals surface area contributed by atoms with Crippen LogP contribution >= 0.6 is 0 Å². The minimum Gasteiger partial charge on any atom is -0.489 e. The second-order valence-corrected chi connectivity index (χ2v) is 7.14. The molecule has 2 aromatic carbocycles. The van der Waals surface area contributed by atoms with Gasteiger partial charge in [-0.1, -0.05) is 18.2 Å². The zero-order valence-corrected chi connectivity index (χ0v) is 15.7. The summed E-state index contributed by atoms with van der Waals surface area (Å²) >= 11 is 0. The van der Waals surface area contributed by atoms with E-state index < -0.39 is 11.9 Å². The molecule has 7 heteroatoms. The lowest BCUT2D eigenvalue weighted by molar-refractivity contribution is -0.132. The lowest BCUT2D eigenvalue weighted by Crippen LogP contribution is -2.46. The normalized spacial score (nSPS) is 18.7. The fourth-order valence-corrected chi connectivity index (χ4v) is 3.77. The number of nitriles is 1. The first-order valence-electron chi connectivity index (χ1n) is 9.45. The summed E-state index contributed by atoms with van der Waals surface area (Å²) in [4.78, 5) is 38.4. The smallest absolute Gasteiger partial charge is 0.255 e. The van der Waals surface area contributed by atoms with Gasteiger partial charge in [-0.2, -0.15) is 5.26 Å². The first-order chi connectivity index (χ1) is 14.1. The zero-order valence-electron chi connectivity index (χ0n) is 15.7. The molecular weight excluding hydrogens is 370 g/mol. The Balaban J connectivity index is 1.54. The van der Waals surface area contributed by atoms with Crippen molar-refractivity contribution < 1.29 is 19.1 Å². The minimum absolute atomic E-state index is 0.230. The number of nitrogens with one attached hydrogen (secondary N) is 1. The number of nitrogens with zero attached hydrogens (tertiary/aromatic N) is 2. The van der Waals surface area contributed by atoms with Crippen molar-refractivity contribution in [2.45, 2.75) is 38.5 Å². The van der Waals surface area contributed by atoms with Crippen molar-refractivity contribution in [1.82, 2.24) is 10.2 Å². The molecule has 0 aromatic heterocycles. The summed E-state index contributed by atoms with van der Waals surface area (Å²) in [6.45, 7) is 0.521. The van der Waals surface area contributed by atoms with Crippen molar-refractivity contribution in [1.29, 1.82) is 5.26 Å². The molecule has 7 nitrogen and oxygen atoms in total. The van der Waals surface area contributed by atoms with E-state index in [0.29, 0.717) is 29.7 Å². The van der Waals surface area contributed by atoms with Gasteiger partial charge in [0.05, 0.1) is 18.2 Å². The number of hydrogen-bond donors (Lipinski definition) is 1. The number of ether oxygens (including phenoxy) is 1. The second-order valence-electron chi connectivity index (χ2n) is 7.14. The van der Waals surface area contributed by atoms with Crippen LogP contribution in [0.1, 0.15) is 46.3 Å². The summed E-state index contributed by atoms with van der Waals surface area (Å²) in [5.41, 5.74) is 2.65. The van der Waals surface area contributed by atoms with Gasteiger partial charge in [-0.15, -0.1) is 0 Å². The third-order valence-electron chi connectivity index (χ3n) is 5.23. The van der Waals surface area contributed by atoms with Crippen LogP contribution in [0, 0.1) is 11.3 Å². The predicted octanol–water partition coefficient (Wildman–Crippen LogP) is 2.29. The monoisotopic (exact) mass is 389 g/mol. The van der Waals surface area contributed by atoms with Gasteiger partial charge >= 0.3 is 0 Å². The molecule has 2 aliphatic rings. The second kappa shape index (κ2) is 7.76. The average molecular weight is 389 g/mol. The van der Waals surface area contributed by atoms with Crippen molar-refractivity contribution >= 4 is 17.7 Å². The van der Waals surface area contributed by atoms with Crippen molar-refractivity contribution in [3.63, 3.8) is 0 Å². The standard InChI is InChI=1S/C22H19N3O4/c23-11-14-4-1-5-15(10-14)13-29-19-8-2-6-16-17(19)12-25(22(16)28)18-7-3-9-20(26)24-21(18)27/h1-2,4-6,8,10,18H,3,7,9,12-13H2,(H,24,26,27)/t18-/m0/s1. The quantitative estimate of drug-likeness (QED) is 0.809. The van der Waals surface area contributed by atoms with Crippen LogP contribution < -0.4 is 10.1 Å². The van der Waals surface area contributed by atoms with E-state index in [0.717, 1.165) is 11.1 Å². The summed E-state index contributed by atoms with van der Waals surface area (Å²) in [5, 5.41) is 11.4. The van der Waals surface area contributed by atoms with Crippen LogP contribution in [0.4, 0.5) is 0 Å². The van der Waals surface area contributed by atoms with E-state index in [4.69, 9.17) is 10.00 Å². The number of amides is 3. The van der Waals surface area contributed by atoms with E-state index in [2.05, 4.69) is 11.4 Å². The van der Waals surface area contributed by atoms with E-state index >= 15 is 0 Å². The highest BCUT2D eigenvalue weighted by Gasteiger charge is 2.39. The molecule has 1 N–H and O–H groups in total. The molecule has 0 spiro atoms. The minimum atomic E-state index is -0.665. The highest BCUT2D eigenvalue weighted by atomic mass is 16.5. The number of carbonyl (C=O) groups is 3. The Kier molecular flexibility index (Phi) is 5.00. The van der Waals surface area contributed by atoms with Crippen LogP contribution in [0.5, 0.6) is 5.75 Å². The molecule has 2 aliphatic heterocycles. The molecule has 1 saturated heterocycles. The SMILES string of the molecule is N#Cc1cccc(COc2cccc3c2CN([C@H]2CCCC(=O)NC2=O)C3=O)c1. The van der Waals surface area contributed by atoms with Gasteiger partial charge in [0.15, 0.2) is 0 Å². The third-order valence-corrected chi connectivity index (χ3v) is 5.23. The Labute approximate surface area is 167 Å². The molecule has 0 radical (unpaired) electrons. The number of carbonyl (C=O) groups excluding carboxylic acids is 3. The van der Waals surface area contributed by atoms with Crippen molar-refractivity contribution in [2.24, 2.45) is 0 Å². The molecule has 2 aromatic rings. The van der Waals surface area contributed by atoms with E-state index in [9.17, 15) is 14.4 Å². The number of hydrogen-bond acceptors (Lipinski definition) is 5. The van der Waals surface area contributed by atoms with Crippen LogP contribution in [0.3, 0.4) is 0 Å². The first kappa shape index (κ1) is 18.7. The molecule has 4 rings (SSSR count). The molecule has 0 saturated carbocycles. The van der Waals surface area contributed by atoms with Gasteiger partial charge in [-0.05, 0) is 42.7 Å². The first-order valence-corrected chi connectivity index (χ1v) is 9.45. The van der Waals surface area contributed by atoms with Gasteiger partial charge < -0.3 is 9.64 Å². The number of imide groups is 1. The Bertz CT molecular complexity index is 1040. The Hall–Kier alpha value is -3.66. The van der Waals surface area contributed by atoms with Crippen LogP contribution in [0.15, 0.2) is 42.5 Å². The number of rotatable bonds is 4. The Morgan fingerprint density at radius 1 is 1.17 bits per heavy atom. The fraction of sp³-hybridized carbons (Fsp3) is 0.273. The number of fused-ring (bicyclic) bond motifs is 1. The summed E-state index contributed by atoms with van der Waals surface area (Å²) in [6, 6.07) is 13.8. The van der Waals surface area contributed by atoms with E-state index in [1.807, 2.05) is 6.07 Å². The molecule has 2 heterocycles. The van der Waals surface area contributed by atoms with E-state index in [1.165, 1.54) is 4.90 Å². The molecular formula is C22H19N3O4. The largest absolute Gasteiger partial charge is 0.489 e. The average Bonchev–Trinajstić information content (AvgIpc) is 2.96. The van der Waals surface area contributed by atoms with E-state index in [-0.39, 0.29) is 31.4 Å². The van der Waals surface area contributed by atoms with E-state index in [1.54, 1.807) is 36.4 Å². The topological polar surface area (TPSA) is 99.5 Å². The maximum absolute atomic E-state index is 12.9. The lowest BCUT2D eigenvalue weighted by Gasteiger charge is -2.24. The van der Waals surface area contributed by atoms with Crippen molar-refractivity contribution in [3.8, 4) is 11.8 Å². The summed E-state index contributed by atoms with van der Waals surface area (Å²) in [6.07, 6.45) is 1.29. The highest BCUT2D eigenvalue weighted by Crippen LogP contribution is 2.33. The Morgan fingerprint density at radius 2 is 2.00 bits per heavy atom. The number of benzene rings is 2. The molecule has 0 bridgehead atoms. The molecule has 146 valence electrons. The summed E-state index contributed by atoms with van der Waals surface area (Å²) in [5.74, 6) is -0.382. The van der Waals surface area contributed by atoms with Crippen LogP contribution in [0.2, 0.25) is 0 Å². The van der Waals surface area contributed by atoms with Crippen LogP contribution in [0.25, 0.3) is 0 Å². The maximum Gasteiger partial charge on any atom is 0.255 e. The predicted molar refractivity (Wildman–Crippen MR) is 103 cm³/mol. The third kappa shape index (κ3) is 3.69.